The Labute approximate surface area is 193 Å². The molecular weight excluding hydrogens is 406 g/mol. The number of aromatic amines is 1. The van der Waals surface area contributed by atoms with Crippen molar-refractivity contribution in [2.24, 2.45) is 0 Å². The van der Waals surface area contributed by atoms with Crippen LogP contribution in [-0.2, 0) is 17.6 Å². The topological polar surface area (TPSA) is 57.8 Å². The monoisotopic (exact) mass is 433 g/mol. The second kappa shape index (κ2) is 9.29. The zero-order valence-electron chi connectivity index (χ0n) is 18.8. The molecule has 0 bridgehead atoms. The summed E-state index contributed by atoms with van der Waals surface area (Å²) in [5, 5.41) is 5.41. The first-order valence-corrected chi connectivity index (χ1v) is 11.6. The quantitative estimate of drug-likeness (QED) is 0.293. The highest BCUT2D eigenvalue weighted by molar-refractivity contribution is 5.93. The number of hydrogen-bond acceptors (Lipinski definition) is 2. The minimum atomic E-state index is 0.0566. The zero-order chi connectivity index (χ0) is 22.6. The normalized spacial score (nSPS) is 11.2. The smallest absolute Gasteiger partial charge is 0.224 e. The van der Waals surface area contributed by atoms with E-state index in [4.69, 9.17) is 4.98 Å². The minimum Gasteiger partial charge on any atom is -0.353 e. The maximum absolute atomic E-state index is 12.6. The first-order chi connectivity index (χ1) is 16.2. The molecule has 0 spiro atoms. The molecule has 5 rings (SSSR count). The molecule has 1 amide bonds. The molecule has 3 aromatic carbocycles. The Kier molecular flexibility index (Phi) is 5.90. The van der Waals surface area contributed by atoms with Crippen molar-refractivity contribution in [2.75, 3.05) is 5.32 Å². The van der Waals surface area contributed by atoms with Crippen LogP contribution in [0.3, 0.4) is 0 Å². The first kappa shape index (κ1) is 21.0. The molecule has 0 saturated heterocycles. The van der Waals surface area contributed by atoms with Gasteiger partial charge in [0.25, 0.3) is 0 Å². The number of benzene rings is 3. The molecule has 164 valence electrons. The predicted molar refractivity (Wildman–Crippen MR) is 136 cm³/mol. The lowest BCUT2D eigenvalue weighted by Gasteiger charge is -2.10. The van der Waals surface area contributed by atoms with Crippen LogP contribution in [-0.4, -0.2) is 15.9 Å². The van der Waals surface area contributed by atoms with Gasteiger partial charge in [0.1, 0.15) is 0 Å². The van der Waals surface area contributed by atoms with Gasteiger partial charge in [-0.05, 0) is 54.7 Å². The number of aryl methyl sites for hydroxylation is 2. The lowest BCUT2D eigenvalue weighted by Crippen LogP contribution is -2.12. The van der Waals surface area contributed by atoms with Gasteiger partial charge in [-0.2, -0.15) is 0 Å². The maximum atomic E-state index is 12.6. The molecule has 33 heavy (non-hydrogen) atoms. The lowest BCUT2D eigenvalue weighted by molar-refractivity contribution is -0.116. The molecular formula is C29H27N3O. The van der Waals surface area contributed by atoms with Crippen molar-refractivity contribution in [1.82, 2.24) is 9.97 Å². The van der Waals surface area contributed by atoms with Crippen LogP contribution in [0, 0.1) is 0 Å². The Morgan fingerprint density at radius 3 is 2.61 bits per heavy atom. The molecule has 0 aliphatic rings. The fraction of sp³-hybridized carbons (Fsp3) is 0.172. The number of pyridine rings is 1. The number of H-pyrrole nitrogens is 1. The SMILES string of the molecule is CCc1ccccc1NC(=O)CCCc1c(-c2ccc3ccccc3n2)[nH]c2ccccc12. The van der Waals surface area contributed by atoms with Gasteiger partial charge in [-0.1, -0.05) is 67.6 Å². The Bertz CT molecular complexity index is 1430. The number of para-hydroxylation sites is 3. The summed E-state index contributed by atoms with van der Waals surface area (Å²) in [6.45, 7) is 2.10. The van der Waals surface area contributed by atoms with E-state index in [0.717, 1.165) is 58.3 Å². The number of rotatable bonds is 7. The van der Waals surface area contributed by atoms with Crippen LogP contribution in [0.4, 0.5) is 5.69 Å². The third kappa shape index (κ3) is 4.37. The summed E-state index contributed by atoms with van der Waals surface area (Å²) in [6, 6.07) is 28.7. The number of fused-ring (bicyclic) bond motifs is 2. The molecule has 0 unspecified atom stereocenters. The van der Waals surface area contributed by atoms with Crippen molar-refractivity contribution in [3.05, 3.63) is 96.1 Å². The summed E-state index contributed by atoms with van der Waals surface area (Å²) in [6.07, 6.45) is 2.94. The van der Waals surface area contributed by atoms with E-state index >= 15 is 0 Å². The highest BCUT2D eigenvalue weighted by Gasteiger charge is 2.15. The summed E-state index contributed by atoms with van der Waals surface area (Å²) in [4.78, 5) is 21.1. The van der Waals surface area contributed by atoms with Crippen molar-refractivity contribution in [1.29, 1.82) is 0 Å². The van der Waals surface area contributed by atoms with Crippen LogP contribution < -0.4 is 5.32 Å². The third-order valence-electron chi connectivity index (χ3n) is 6.17. The second-order valence-corrected chi connectivity index (χ2v) is 8.33. The zero-order valence-corrected chi connectivity index (χ0v) is 18.8. The number of carbonyl (C=O) groups is 1. The number of nitrogens with zero attached hydrogens (tertiary/aromatic N) is 1. The van der Waals surface area contributed by atoms with Gasteiger partial charge in [0, 0.05) is 28.4 Å². The van der Waals surface area contributed by atoms with Gasteiger partial charge < -0.3 is 10.3 Å². The fourth-order valence-corrected chi connectivity index (χ4v) is 4.47. The van der Waals surface area contributed by atoms with Gasteiger partial charge in [0.2, 0.25) is 5.91 Å². The maximum Gasteiger partial charge on any atom is 0.224 e. The van der Waals surface area contributed by atoms with E-state index in [1.807, 2.05) is 42.5 Å². The molecule has 0 atom stereocenters. The van der Waals surface area contributed by atoms with Gasteiger partial charge in [0.15, 0.2) is 0 Å². The molecule has 2 heterocycles. The largest absolute Gasteiger partial charge is 0.353 e. The van der Waals surface area contributed by atoms with Gasteiger partial charge >= 0.3 is 0 Å². The Morgan fingerprint density at radius 1 is 0.909 bits per heavy atom. The van der Waals surface area contributed by atoms with Crippen LogP contribution >= 0.6 is 0 Å². The van der Waals surface area contributed by atoms with E-state index in [1.54, 1.807) is 0 Å². The summed E-state index contributed by atoms with van der Waals surface area (Å²) in [7, 11) is 0. The van der Waals surface area contributed by atoms with Crippen LogP contribution in [0.1, 0.15) is 30.9 Å². The predicted octanol–water partition coefficient (Wildman–Crippen LogP) is 6.91. The molecule has 2 N–H and O–H groups in total. The van der Waals surface area contributed by atoms with Crippen molar-refractivity contribution >= 4 is 33.4 Å². The molecule has 4 heteroatoms. The van der Waals surface area contributed by atoms with Crippen LogP contribution in [0.15, 0.2) is 84.9 Å². The van der Waals surface area contributed by atoms with Crippen LogP contribution in [0.25, 0.3) is 33.2 Å². The Balaban J connectivity index is 1.38. The minimum absolute atomic E-state index is 0.0566. The summed E-state index contributed by atoms with van der Waals surface area (Å²) in [5.74, 6) is 0.0566. The molecule has 0 aliphatic carbocycles. The average molecular weight is 434 g/mol. The van der Waals surface area contributed by atoms with Gasteiger partial charge in [-0.3, -0.25) is 4.79 Å². The van der Waals surface area contributed by atoms with Crippen molar-refractivity contribution in [3.8, 4) is 11.4 Å². The number of amides is 1. The lowest BCUT2D eigenvalue weighted by atomic mass is 10.0. The van der Waals surface area contributed by atoms with Crippen molar-refractivity contribution in [3.63, 3.8) is 0 Å². The van der Waals surface area contributed by atoms with E-state index < -0.39 is 0 Å². The van der Waals surface area contributed by atoms with Crippen LogP contribution in [0.5, 0.6) is 0 Å². The molecule has 0 fully saturated rings. The molecule has 2 aromatic heterocycles. The van der Waals surface area contributed by atoms with E-state index in [1.165, 1.54) is 10.9 Å². The van der Waals surface area contributed by atoms with Crippen molar-refractivity contribution < 1.29 is 4.79 Å². The van der Waals surface area contributed by atoms with Crippen molar-refractivity contribution in [2.45, 2.75) is 32.6 Å². The average Bonchev–Trinajstić information content (AvgIpc) is 3.22. The first-order valence-electron chi connectivity index (χ1n) is 11.6. The molecule has 0 aliphatic heterocycles. The highest BCUT2D eigenvalue weighted by Crippen LogP contribution is 2.31. The molecule has 4 nitrogen and oxygen atoms in total. The van der Waals surface area contributed by atoms with E-state index in [9.17, 15) is 4.79 Å². The number of nitrogens with one attached hydrogen (secondary N) is 2. The number of anilines is 1. The summed E-state index contributed by atoms with van der Waals surface area (Å²) < 4.78 is 0. The summed E-state index contributed by atoms with van der Waals surface area (Å²) >= 11 is 0. The number of hydrogen-bond donors (Lipinski definition) is 2. The Morgan fingerprint density at radius 2 is 1.70 bits per heavy atom. The molecule has 0 saturated carbocycles. The van der Waals surface area contributed by atoms with Crippen LogP contribution in [0.2, 0.25) is 0 Å². The fourth-order valence-electron chi connectivity index (χ4n) is 4.47. The second-order valence-electron chi connectivity index (χ2n) is 8.33. The Hall–Kier alpha value is -3.92. The third-order valence-corrected chi connectivity index (χ3v) is 6.17. The van der Waals surface area contributed by atoms with E-state index in [-0.39, 0.29) is 5.91 Å². The molecule has 0 radical (unpaired) electrons. The van der Waals surface area contributed by atoms with E-state index in [0.29, 0.717) is 6.42 Å². The van der Waals surface area contributed by atoms with Gasteiger partial charge in [-0.15, -0.1) is 0 Å². The van der Waals surface area contributed by atoms with Gasteiger partial charge in [-0.25, -0.2) is 4.98 Å². The standard InChI is InChI=1S/C29H27N3O/c1-2-20-10-3-6-14-24(20)31-28(33)17-9-13-23-22-12-5-8-16-26(22)32-29(23)27-19-18-21-11-4-7-15-25(21)30-27/h3-8,10-12,14-16,18-19,32H,2,9,13,17H2,1H3,(H,31,33). The molecule has 5 aromatic rings. The van der Waals surface area contributed by atoms with E-state index in [2.05, 4.69) is 59.7 Å². The highest BCUT2D eigenvalue weighted by atomic mass is 16.1. The summed E-state index contributed by atoms with van der Waals surface area (Å²) in [5.41, 5.74) is 7.34. The number of carbonyl (C=O) groups excluding carboxylic acids is 1. The van der Waals surface area contributed by atoms with Gasteiger partial charge in [0.05, 0.1) is 16.9 Å². The number of aromatic nitrogens is 2.